The van der Waals surface area contributed by atoms with Crippen LogP contribution in [0.3, 0.4) is 0 Å². The van der Waals surface area contributed by atoms with Gasteiger partial charge in [-0.3, -0.25) is 4.68 Å². The third-order valence-electron chi connectivity index (χ3n) is 0.989. The highest BCUT2D eigenvalue weighted by atomic mass is 127. The minimum atomic E-state index is -0.409. The van der Waals surface area contributed by atoms with Gasteiger partial charge in [0.15, 0.2) is 5.15 Å². The van der Waals surface area contributed by atoms with Gasteiger partial charge in [-0.1, -0.05) is 11.6 Å². The van der Waals surface area contributed by atoms with Crippen LogP contribution in [0.4, 0.5) is 4.39 Å². The van der Waals surface area contributed by atoms with Crippen molar-refractivity contribution in [3.8, 4) is 0 Å². The van der Waals surface area contributed by atoms with Crippen molar-refractivity contribution in [2.45, 2.75) is 6.54 Å². The van der Waals surface area contributed by atoms with E-state index in [-0.39, 0.29) is 6.54 Å². The summed E-state index contributed by atoms with van der Waals surface area (Å²) in [6, 6.07) is 0. The van der Waals surface area contributed by atoms with E-state index in [9.17, 15) is 4.39 Å². The maximum atomic E-state index is 11.7. The molecule has 0 aliphatic rings. The first-order chi connectivity index (χ1) is 4.74. The Morgan fingerprint density at radius 1 is 1.80 bits per heavy atom. The number of alkyl halides is 1. The third kappa shape index (κ3) is 1.82. The van der Waals surface area contributed by atoms with Gasteiger partial charge in [-0.15, -0.1) is 0 Å². The van der Waals surface area contributed by atoms with E-state index in [1.54, 1.807) is 6.20 Å². The summed E-state index contributed by atoms with van der Waals surface area (Å²) in [5.74, 6) is 0. The minimum Gasteiger partial charge on any atom is -0.268 e. The average molecular weight is 274 g/mol. The molecule has 1 aromatic heterocycles. The molecule has 0 aliphatic heterocycles. The van der Waals surface area contributed by atoms with E-state index in [2.05, 4.69) is 5.10 Å². The zero-order valence-corrected chi connectivity index (χ0v) is 7.93. The molecular formula is C5H5ClFIN2. The molecule has 0 spiro atoms. The van der Waals surface area contributed by atoms with Crippen molar-refractivity contribution in [2.24, 2.45) is 0 Å². The molecule has 2 nitrogen and oxygen atoms in total. The number of halogens is 3. The Morgan fingerprint density at radius 3 is 2.90 bits per heavy atom. The van der Waals surface area contributed by atoms with Gasteiger partial charge in [0.25, 0.3) is 0 Å². The van der Waals surface area contributed by atoms with Gasteiger partial charge in [-0.2, -0.15) is 5.10 Å². The fraction of sp³-hybridized carbons (Fsp3) is 0.400. The lowest BCUT2D eigenvalue weighted by molar-refractivity contribution is 0.427. The van der Waals surface area contributed by atoms with E-state index in [0.717, 1.165) is 3.57 Å². The van der Waals surface area contributed by atoms with E-state index in [4.69, 9.17) is 11.6 Å². The Bertz CT molecular complexity index is 206. The lowest BCUT2D eigenvalue weighted by atomic mass is 10.7. The molecule has 1 rings (SSSR count). The van der Waals surface area contributed by atoms with Gasteiger partial charge in [0.2, 0.25) is 0 Å². The molecule has 1 heterocycles. The molecule has 1 aromatic rings. The minimum absolute atomic E-state index is 0.280. The highest BCUT2D eigenvalue weighted by Gasteiger charge is 2.01. The summed E-state index contributed by atoms with van der Waals surface area (Å²) < 4.78 is 14.1. The van der Waals surface area contributed by atoms with Gasteiger partial charge in [-0.05, 0) is 22.6 Å². The van der Waals surface area contributed by atoms with E-state index in [1.807, 2.05) is 22.6 Å². The number of hydrogen-bond donors (Lipinski definition) is 0. The van der Waals surface area contributed by atoms with E-state index < -0.39 is 6.67 Å². The normalized spacial score (nSPS) is 10.3. The number of aromatic nitrogens is 2. The monoisotopic (exact) mass is 274 g/mol. The van der Waals surface area contributed by atoms with E-state index >= 15 is 0 Å². The van der Waals surface area contributed by atoms with Crippen molar-refractivity contribution in [3.05, 3.63) is 14.9 Å². The zero-order chi connectivity index (χ0) is 7.56. The maximum absolute atomic E-state index is 11.7. The lowest BCUT2D eigenvalue weighted by Crippen LogP contribution is -1.99. The van der Waals surface area contributed by atoms with Crippen LogP contribution in [0, 0.1) is 3.57 Å². The molecule has 0 aliphatic carbocycles. The Hall–Kier alpha value is 0.160. The number of nitrogens with zero attached hydrogens (tertiary/aromatic N) is 2. The van der Waals surface area contributed by atoms with Crippen LogP contribution in [-0.4, -0.2) is 16.5 Å². The third-order valence-corrected chi connectivity index (χ3v) is 2.38. The van der Waals surface area contributed by atoms with Gasteiger partial charge in [0.05, 0.1) is 10.1 Å². The zero-order valence-electron chi connectivity index (χ0n) is 5.02. The Balaban J connectivity index is 2.77. The van der Waals surface area contributed by atoms with Gasteiger partial charge in [0, 0.05) is 6.20 Å². The molecule has 0 radical (unpaired) electrons. The molecule has 10 heavy (non-hydrogen) atoms. The largest absolute Gasteiger partial charge is 0.268 e. The molecule has 5 heteroatoms. The van der Waals surface area contributed by atoms with Crippen molar-refractivity contribution in [2.75, 3.05) is 6.67 Å². The molecule has 0 bridgehead atoms. The van der Waals surface area contributed by atoms with Crippen LogP contribution in [-0.2, 0) is 6.54 Å². The van der Waals surface area contributed by atoms with Crippen LogP contribution in [0.1, 0.15) is 0 Å². The summed E-state index contributed by atoms with van der Waals surface area (Å²) in [5, 5.41) is 4.27. The molecular weight excluding hydrogens is 269 g/mol. The first kappa shape index (κ1) is 8.26. The van der Waals surface area contributed by atoms with Crippen LogP contribution in [0.15, 0.2) is 6.20 Å². The highest BCUT2D eigenvalue weighted by Crippen LogP contribution is 2.14. The van der Waals surface area contributed by atoms with E-state index in [0.29, 0.717) is 5.15 Å². The molecule has 0 atom stereocenters. The van der Waals surface area contributed by atoms with Crippen LogP contribution < -0.4 is 0 Å². The average Bonchev–Trinajstić information content (AvgIpc) is 2.14. The summed E-state index contributed by atoms with van der Waals surface area (Å²) in [5.41, 5.74) is 0. The fourth-order valence-corrected chi connectivity index (χ4v) is 1.15. The summed E-state index contributed by atoms with van der Waals surface area (Å²) in [6.07, 6.45) is 1.71. The van der Waals surface area contributed by atoms with E-state index in [1.165, 1.54) is 4.68 Å². The van der Waals surface area contributed by atoms with Gasteiger partial charge in [-0.25, -0.2) is 4.39 Å². The Kier molecular flexibility index (Phi) is 2.91. The van der Waals surface area contributed by atoms with Gasteiger partial charge in [0.1, 0.15) is 6.67 Å². The molecule has 0 amide bonds. The standard InChI is InChI=1S/C5H5ClFIN2/c6-5-4(8)3-10(9-5)2-1-7/h3H,1-2H2. The van der Waals surface area contributed by atoms with Gasteiger partial charge >= 0.3 is 0 Å². The van der Waals surface area contributed by atoms with Crippen molar-refractivity contribution in [1.29, 1.82) is 0 Å². The van der Waals surface area contributed by atoms with Gasteiger partial charge < -0.3 is 0 Å². The topological polar surface area (TPSA) is 17.8 Å². The first-order valence-electron chi connectivity index (χ1n) is 2.68. The number of hydrogen-bond acceptors (Lipinski definition) is 1. The molecule has 0 saturated heterocycles. The summed E-state index contributed by atoms with van der Waals surface area (Å²) >= 11 is 7.65. The summed E-state index contributed by atoms with van der Waals surface area (Å²) in [6.45, 7) is -0.128. The smallest absolute Gasteiger partial charge is 0.164 e. The molecule has 0 unspecified atom stereocenters. The number of rotatable bonds is 2. The van der Waals surface area contributed by atoms with Crippen LogP contribution in [0.25, 0.3) is 0 Å². The van der Waals surface area contributed by atoms with Crippen molar-refractivity contribution in [1.82, 2.24) is 9.78 Å². The summed E-state index contributed by atoms with van der Waals surface area (Å²) in [4.78, 5) is 0. The van der Waals surface area contributed by atoms with Crippen LogP contribution in [0.5, 0.6) is 0 Å². The van der Waals surface area contributed by atoms with Crippen molar-refractivity contribution in [3.63, 3.8) is 0 Å². The van der Waals surface area contributed by atoms with Crippen LogP contribution >= 0.6 is 34.2 Å². The predicted molar refractivity (Wildman–Crippen MR) is 45.9 cm³/mol. The first-order valence-corrected chi connectivity index (χ1v) is 4.14. The molecule has 0 aromatic carbocycles. The van der Waals surface area contributed by atoms with Crippen molar-refractivity contribution < 1.29 is 4.39 Å². The molecule has 0 saturated carbocycles. The predicted octanol–water partition coefficient (Wildman–Crippen LogP) is 2.11. The second-order valence-electron chi connectivity index (χ2n) is 1.72. The number of aryl methyl sites for hydroxylation is 1. The second-order valence-corrected chi connectivity index (χ2v) is 3.24. The molecule has 56 valence electrons. The van der Waals surface area contributed by atoms with Crippen molar-refractivity contribution >= 4 is 34.2 Å². The molecule has 0 fully saturated rings. The molecule has 0 N–H and O–H groups in total. The SMILES string of the molecule is FCCn1cc(I)c(Cl)n1. The Labute approximate surface area is 76.5 Å². The highest BCUT2D eigenvalue weighted by molar-refractivity contribution is 14.1. The quantitative estimate of drug-likeness (QED) is 0.755. The fourth-order valence-electron chi connectivity index (χ4n) is 0.575. The Morgan fingerprint density at radius 2 is 2.50 bits per heavy atom. The second kappa shape index (κ2) is 3.52. The summed E-state index contributed by atoms with van der Waals surface area (Å²) in [7, 11) is 0. The lowest BCUT2D eigenvalue weighted by Gasteiger charge is -1.91. The maximum Gasteiger partial charge on any atom is 0.164 e. The van der Waals surface area contributed by atoms with Crippen LogP contribution in [0.2, 0.25) is 5.15 Å².